The molecule has 1 atom stereocenters. The van der Waals surface area contributed by atoms with Crippen molar-refractivity contribution in [3.63, 3.8) is 0 Å². The zero-order valence-electron chi connectivity index (χ0n) is 12.8. The second-order valence-electron chi connectivity index (χ2n) is 5.61. The molecule has 2 heterocycles. The van der Waals surface area contributed by atoms with Gasteiger partial charge in [0, 0.05) is 0 Å². The van der Waals surface area contributed by atoms with Crippen LogP contribution in [0.3, 0.4) is 0 Å². The zero-order chi connectivity index (χ0) is 17.6. The summed E-state index contributed by atoms with van der Waals surface area (Å²) in [5, 5.41) is 10.1. The molecular weight excluding hydrogens is 323 g/mol. The molecule has 25 heavy (non-hydrogen) atoms. The van der Waals surface area contributed by atoms with E-state index < -0.39 is 17.4 Å². The molecule has 4 rings (SSSR count). The van der Waals surface area contributed by atoms with Gasteiger partial charge < -0.3 is 14.9 Å². The van der Waals surface area contributed by atoms with E-state index in [-0.39, 0.29) is 22.8 Å². The number of rotatable bonds is 1. The van der Waals surface area contributed by atoms with Crippen molar-refractivity contribution in [1.82, 2.24) is 0 Å². The van der Waals surface area contributed by atoms with Crippen molar-refractivity contribution in [2.75, 3.05) is 0 Å². The smallest absolute Gasteiger partial charge is 0.344 e. The fourth-order valence-electron chi connectivity index (χ4n) is 3.09. The van der Waals surface area contributed by atoms with Gasteiger partial charge in [-0.2, -0.15) is 5.26 Å². The number of hydrogen-bond donors (Lipinski definition) is 1. The zero-order valence-corrected chi connectivity index (χ0v) is 12.8. The second-order valence-corrected chi connectivity index (χ2v) is 5.61. The molecule has 0 amide bonds. The lowest BCUT2D eigenvalue weighted by Crippen LogP contribution is -2.26. The third kappa shape index (κ3) is 2.25. The van der Waals surface area contributed by atoms with Crippen molar-refractivity contribution < 1.29 is 13.5 Å². The normalized spacial score (nSPS) is 16.2. The molecule has 6 heteroatoms. The molecule has 0 saturated heterocycles. The molecule has 0 bridgehead atoms. The Kier molecular flexibility index (Phi) is 3.29. The molecule has 0 aliphatic carbocycles. The number of nitrogens with two attached hydrogens (primary N) is 1. The Morgan fingerprint density at radius 3 is 2.72 bits per heavy atom. The SMILES string of the molecule is N#CC1=C(N)Oc2c(c(=O)oc3ccccc23)[C@@H]1c1cccc(F)c1. The lowest BCUT2D eigenvalue weighted by atomic mass is 9.84. The highest BCUT2D eigenvalue weighted by atomic mass is 19.1. The largest absolute Gasteiger partial charge is 0.439 e. The van der Waals surface area contributed by atoms with Crippen LogP contribution in [-0.4, -0.2) is 0 Å². The second kappa shape index (κ2) is 5.49. The number of nitriles is 1. The summed E-state index contributed by atoms with van der Waals surface area (Å²) in [6.07, 6.45) is 0. The number of fused-ring (bicyclic) bond motifs is 3. The Morgan fingerprint density at radius 2 is 1.96 bits per heavy atom. The Labute approximate surface area is 141 Å². The predicted octanol–water partition coefficient (Wildman–Crippen LogP) is 3.15. The summed E-state index contributed by atoms with van der Waals surface area (Å²) in [7, 11) is 0. The minimum Gasteiger partial charge on any atom is -0.439 e. The van der Waals surface area contributed by atoms with Gasteiger partial charge in [0.2, 0.25) is 5.88 Å². The highest BCUT2D eigenvalue weighted by Crippen LogP contribution is 2.43. The predicted molar refractivity (Wildman–Crippen MR) is 88.2 cm³/mol. The van der Waals surface area contributed by atoms with Crippen molar-refractivity contribution in [2.24, 2.45) is 5.73 Å². The molecule has 0 saturated carbocycles. The number of halogens is 1. The van der Waals surface area contributed by atoms with Gasteiger partial charge in [0.15, 0.2) is 5.75 Å². The average Bonchev–Trinajstić information content (AvgIpc) is 2.60. The molecule has 3 aromatic rings. The van der Waals surface area contributed by atoms with E-state index in [2.05, 4.69) is 0 Å². The first-order valence-electron chi connectivity index (χ1n) is 7.49. The molecule has 1 aromatic heterocycles. The standard InChI is InChI=1S/C19H11FN2O3/c20-11-5-3-4-10(8-11)15-13(9-21)18(22)25-17-12-6-1-2-7-14(12)24-19(23)16(15)17/h1-8,15H,22H2/t15-/m1/s1. The topological polar surface area (TPSA) is 89.3 Å². The first-order chi connectivity index (χ1) is 12.1. The number of para-hydroxylation sites is 1. The van der Waals surface area contributed by atoms with Gasteiger partial charge in [0.1, 0.15) is 23.0 Å². The Balaban J connectivity index is 2.10. The number of allylic oxidation sites excluding steroid dienone is 1. The molecule has 2 N–H and O–H groups in total. The van der Waals surface area contributed by atoms with Crippen LogP contribution < -0.4 is 16.1 Å². The van der Waals surface area contributed by atoms with E-state index in [4.69, 9.17) is 14.9 Å². The van der Waals surface area contributed by atoms with E-state index in [1.807, 2.05) is 6.07 Å². The maximum Gasteiger partial charge on any atom is 0.344 e. The molecule has 1 aliphatic heterocycles. The minimum atomic E-state index is -0.856. The quantitative estimate of drug-likeness (QED) is 0.691. The summed E-state index contributed by atoms with van der Waals surface area (Å²) in [5.74, 6) is -1.21. The van der Waals surface area contributed by atoms with E-state index in [0.29, 0.717) is 16.5 Å². The summed E-state index contributed by atoms with van der Waals surface area (Å²) in [4.78, 5) is 12.6. The van der Waals surface area contributed by atoms with Gasteiger partial charge in [-0.3, -0.25) is 0 Å². The van der Waals surface area contributed by atoms with E-state index in [9.17, 15) is 14.4 Å². The summed E-state index contributed by atoms with van der Waals surface area (Å²) >= 11 is 0. The number of ether oxygens (including phenoxy) is 1. The molecule has 0 radical (unpaired) electrons. The van der Waals surface area contributed by atoms with Crippen LogP contribution in [0, 0.1) is 17.1 Å². The van der Waals surface area contributed by atoms with E-state index >= 15 is 0 Å². The van der Waals surface area contributed by atoms with Crippen LogP contribution in [0.25, 0.3) is 11.0 Å². The highest BCUT2D eigenvalue weighted by Gasteiger charge is 2.35. The van der Waals surface area contributed by atoms with Crippen LogP contribution in [0.2, 0.25) is 0 Å². The van der Waals surface area contributed by atoms with E-state index in [1.165, 1.54) is 18.2 Å². The van der Waals surface area contributed by atoms with Crippen LogP contribution in [-0.2, 0) is 0 Å². The molecular formula is C19H11FN2O3. The lowest BCUT2D eigenvalue weighted by molar-refractivity contribution is 0.388. The van der Waals surface area contributed by atoms with Gasteiger partial charge in [-0.05, 0) is 29.8 Å². The molecule has 1 aliphatic rings. The Morgan fingerprint density at radius 1 is 1.16 bits per heavy atom. The summed E-state index contributed by atoms with van der Waals surface area (Å²) in [5.41, 5.74) is 6.21. The first-order valence-corrected chi connectivity index (χ1v) is 7.49. The molecule has 0 unspecified atom stereocenters. The van der Waals surface area contributed by atoms with Crippen LogP contribution >= 0.6 is 0 Å². The lowest BCUT2D eigenvalue weighted by Gasteiger charge is -2.25. The molecule has 122 valence electrons. The van der Waals surface area contributed by atoms with Crippen molar-refractivity contribution in [2.45, 2.75) is 5.92 Å². The molecule has 0 spiro atoms. The van der Waals surface area contributed by atoms with Gasteiger partial charge in [0.25, 0.3) is 0 Å². The number of nitrogens with zero attached hydrogens (tertiary/aromatic N) is 1. The van der Waals surface area contributed by atoms with Crippen molar-refractivity contribution in [1.29, 1.82) is 5.26 Å². The fraction of sp³-hybridized carbons (Fsp3) is 0.0526. The Bertz CT molecular complexity index is 1140. The van der Waals surface area contributed by atoms with Crippen LogP contribution in [0.4, 0.5) is 4.39 Å². The molecule has 2 aromatic carbocycles. The van der Waals surface area contributed by atoms with Gasteiger partial charge >= 0.3 is 5.63 Å². The first kappa shape index (κ1) is 15.0. The molecule has 5 nitrogen and oxygen atoms in total. The van der Waals surface area contributed by atoms with Crippen molar-refractivity contribution in [3.05, 3.63) is 87.4 Å². The van der Waals surface area contributed by atoms with E-state index in [0.717, 1.165) is 0 Å². The third-order valence-electron chi connectivity index (χ3n) is 4.16. The van der Waals surface area contributed by atoms with E-state index in [1.54, 1.807) is 30.3 Å². The maximum absolute atomic E-state index is 13.7. The summed E-state index contributed by atoms with van der Waals surface area (Å²) in [6, 6.07) is 14.5. The average molecular weight is 334 g/mol. The highest BCUT2D eigenvalue weighted by molar-refractivity contribution is 5.86. The fourth-order valence-corrected chi connectivity index (χ4v) is 3.09. The monoisotopic (exact) mass is 334 g/mol. The van der Waals surface area contributed by atoms with Gasteiger partial charge in [-0.25, -0.2) is 9.18 Å². The molecule has 0 fully saturated rings. The summed E-state index contributed by atoms with van der Waals surface area (Å²) in [6.45, 7) is 0. The number of benzene rings is 2. The summed E-state index contributed by atoms with van der Waals surface area (Å²) < 4.78 is 24.7. The van der Waals surface area contributed by atoms with Crippen molar-refractivity contribution in [3.8, 4) is 11.8 Å². The van der Waals surface area contributed by atoms with Gasteiger partial charge in [0.05, 0.1) is 16.9 Å². The third-order valence-corrected chi connectivity index (χ3v) is 4.16. The van der Waals surface area contributed by atoms with Crippen LogP contribution in [0.5, 0.6) is 5.75 Å². The van der Waals surface area contributed by atoms with Crippen molar-refractivity contribution >= 4 is 11.0 Å². The van der Waals surface area contributed by atoms with Gasteiger partial charge in [-0.1, -0.05) is 24.3 Å². The maximum atomic E-state index is 13.7. The van der Waals surface area contributed by atoms with Crippen LogP contribution in [0.15, 0.2) is 69.2 Å². The van der Waals surface area contributed by atoms with Crippen LogP contribution in [0.1, 0.15) is 17.0 Å². The number of hydrogen-bond acceptors (Lipinski definition) is 5. The Hall–Kier alpha value is -3.59. The minimum absolute atomic E-state index is 0.0423. The van der Waals surface area contributed by atoms with Gasteiger partial charge in [-0.15, -0.1) is 0 Å².